The highest BCUT2D eigenvalue weighted by Gasteiger charge is 2.30. The van der Waals surface area contributed by atoms with Gasteiger partial charge < -0.3 is 9.80 Å². The minimum atomic E-state index is -0.594. The Balaban J connectivity index is 2.28. The molecule has 1 aliphatic heterocycles. The van der Waals surface area contributed by atoms with Gasteiger partial charge in [0.1, 0.15) is 10.6 Å². The van der Waals surface area contributed by atoms with Crippen LogP contribution in [-0.4, -0.2) is 53.9 Å². The van der Waals surface area contributed by atoms with E-state index in [9.17, 15) is 14.9 Å². The predicted molar refractivity (Wildman–Crippen MR) is 80.7 cm³/mol. The fraction of sp³-hybridized carbons (Fsp3) is 0.500. The maximum Gasteiger partial charge on any atom is 0.300 e. The van der Waals surface area contributed by atoms with Crippen molar-refractivity contribution < 1.29 is 9.72 Å². The van der Waals surface area contributed by atoms with Gasteiger partial charge in [0.15, 0.2) is 0 Å². The Morgan fingerprint density at radius 1 is 1.48 bits per heavy atom. The summed E-state index contributed by atoms with van der Waals surface area (Å²) in [5.74, 6) is -0.323. The van der Waals surface area contributed by atoms with Crippen molar-refractivity contribution in [3.63, 3.8) is 0 Å². The lowest BCUT2D eigenvalue weighted by atomic mass is 10.0. The standard InChI is InChI=1S/C14H18ClN3O3/c1-16(2)10-5-4-8-17(9-10)14(19)11-6-3-7-12(15)13(11)18(20)21/h3,6-7,10H,4-5,8-9H2,1-2H3. The molecule has 1 aliphatic rings. The molecule has 6 nitrogen and oxygen atoms in total. The van der Waals surface area contributed by atoms with Crippen LogP contribution in [-0.2, 0) is 0 Å². The molecular weight excluding hydrogens is 294 g/mol. The molecule has 2 rings (SSSR count). The summed E-state index contributed by atoms with van der Waals surface area (Å²) in [7, 11) is 3.95. The number of benzene rings is 1. The third-order valence-corrected chi connectivity index (χ3v) is 4.12. The topological polar surface area (TPSA) is 66.7 Å². The van der Waals surface area contributed by atoms with Gasteiger partial charge in [0.25, 0.3) is 5.91 Å². The molecule has 0 saturated carbocycles. The highest BCUT2D eigenvalue weighted by molar-refractivity contribution is 6.33. The molecule has 1 atom stereocenters. The van der Waals surface area contributed by atoms with E-state index >= 15 is 0 Å². The maximum atomic E-state index is 12.6. The zero-order valence-electron chi connectivity index (χ0n) is 12.1. The van der Waals surface area contributed by atoms with Gasteiger partial charge in [0.2, 0.25) is 0 Å². The highest BCUT2D eigenvalue weighted by atomic mass is 35.5. The zero-order valence-corrected chi connectivity index (χ0v) is 12.8. The van der Waals surface area contributed by atoms with E-state index in [0.717, 1.165) is 12.8 Å². The number of halogens is 1. The molecule has 21 heavy (non-hydrogen) atoms. The van der Waals surface area contributed by atoms with E-state index in [1.165, 1.54) is 12.1 Å². The fourth-order valence-electron chi connectivity index (χ4n) is 2.60. The molecule has 1 amide bonds. The molecule has 0 aliphatic carbocycles. The van der Waals surface area contributed by atoms with E-state index in [1.807, 2.05) is 14.1 Å². The van der Waals surface area contributed by atoms with Crippen LogP contribution in [0.2, 0.25) is 5.02 Å². The van der Waals surface area contributed by atoms with Crippen LogP contribution in [0.25, 0.3) is 0 Å². The van der Waals surface area contributed by atoms with Crippen molar-refractivity contribution in [1.82, 2.24) is 9.80 Å². The Kier molecular flexibility index (Phi) is 4.80. The first-order chi connectivity index (χ1) is 9.91. The zero-order chi connectivity index (χ0) is 15.6. The second-order valence-electron chi connectivity index (χ2n) is 5.40. The molecule has 114 valence electrons. The number of hydrogen-bond donors (Lipinski definition) is 0. The van der Waals surface area contributed by atoms with Crippen LogP contribution < -0.4 is 0 Å². The SMILES string of the molecule is CN(C)C1CCCN(C(=O)c2cccc(Cl)c2[N+](=O)[O-])C1. The first-order valence-corrected chi connectivity index (χ1v) is 7.18. The molecule has 1 saturated heterocycles. The molecule has 0 bridgehead atoms. The number of amides is 1. The summed E-state index contributed by atoms with van der Waals surface area (Å²) in [5, 5.41) is 11.1. The number of carbonyl (C=O) groups is 1. The first kappa shape index (κ1) is 15.7. The summed E-state index contributed by atoms with van der Waals surface area (Å²) in [5.41, 5.74) is -0.247. The van der Waals surface area contributed by atoms with Crippen LogP contribution in [0.4, 0.5) is 5.69 Å². The average molecular weight is 312 g/mol. The molecule has 1 unspecified atom stereocenters. The molecule has 1 heterocycles. The van der Waals surface area contributed by atoms with Crippen LogP contribution >= 0.6 is 11.6 Å². The number of nitro groups is 1. The molecule has 0 aromatic heterocycles. The summed E-state index contributed by atoms with van der Waals surface area (Å²) < 4.78 is 0. The van der Waals surface area contributed by atoms with Crippen LogP contribution in [0.1, 0.15) is 23.2 Å². The molecule has 0 N–H and O–H groups in total. The van der Waals surface area contributed by atoms with Gasteiger partial charge in [-0.25, -0.2) is 0 Å². The van der Waals surface area contributed by atoms with Crippen molar-refractivity contribution in [3.05, 3.63) is 38.9 Å². The summed E-state index contributed by atoms with van der Waals surface area (Å²) in [4.78, 5) is 26.9. The number of nitro benzene ring substituents is 1. The van der Waals surface area contributed by atoms with E-state index in [-0.39, 0.29) is 28.2 Å². The average Bonchev–Trinajstić information content (AvgIpc) is 2.45. The number of para-hydroxylation sites is 1. The quantitative estimate of drug-likeness (QED) is 0.635. The largest absolute Gasteiger partial charge is 0.337 e. The summed E-state index contributed by atoms with van der Waals surface area (Å²) in [6, 6.07) is 4.73. The maximum absolute atomic E-state index is 12.6. The number of carbonyl (C=O) groups excluding carboxylic acids is 1. The van der Waals surface area contributed by atoms with Gasteiger partial charge >= 0.3 is 5.69 Å². The smallest absolute Gasteiger partial charge is 0.300 e. The second-order valence-corrected chi connectivity index (χ2v) is 5.81. The minimum Gasteiger partial charge on any atom is -0.337 e. The predicted octanol–water partition coefficient (Wildman–Crippen LogP) is 2.41. The Hall–Kier alpha value is -1.66. The lowest BCUT2D eigenvalue weighted by Gasteiger charge is -2.36. The lowest BCUT2D eigenvalue weighted by molar-refractivity contribution is -0.385. The van der Waals surface area contributed by atoms with E-state index in [0.29, 0.717) is 13.1 Å². The molecule has 0 spiro atoms. The van der Waals surface area contributed by atoms with Crippen LogP contribution in [0, 0.1) is 10.1 Å². The normalized spacial score (nSPS) is 18.9. The van der Waals surface area contributed by atoms with E-state index in [4.69, 9.17) is 11.6 Å². The van der Waals surface area contributed by atoms with Crippen LogP contribution in [0.3, 0.4) is 0 Å². The third-order valence-electron chi connectivity index (χ3n) is 3.81. The van der Waals surface area contributed by atoms with Crippen LogP contribution in [0.15, 0.2) is 18.2 Å². The van der Waals surface area contributed by atoms with Gasteiger partial charge in [0.05, 0.1) is 4.92 Å². The lowest BCUT2D eigenvalue weighted by Crippen LogP contribution is -2.47. The van der Waals surface area contributed by atoms with Crippen LogP contribution in [0.5, 0.6) is 0 Å². The Labute approximate surface area is 128 Å². The molecule has 0 radical (unpaired) electrons. The number of rotatable bonds is 3. The minimum absolute atomic E-state index is 0.00739. The van der Waals surface area contributed by atoms with Crippen molar-refractivity contribution in [2.24, 2.45) is 0 Å². The van der Waals surface area contributed by atoms with Gasteiger partial charge in [-0.3, -0.25) is 14.9 Å². The van der Waals surface area contributed by atoms with Gasteiger partial charge in [0, 0.05) is 19.1 Å². The van der Waals surface area contributed by atoms with E-state index in [1.54, 1.807) is 11.0 Å². The second kappa shape index (κ2) is 6.41. The number of likely N-dealkylation sites (N-methyl/N-ethyl adjacent to an activating group) is 1. The number of nitrogens with zero attached hydrogens (tertiary/aromatic N) is 3. The molecule has 1 aromatic carbocycles. The summed E-state index contributed by atoms with van der Waals surface area (Å²) in [6.07, 6.45) is 1.91. The molecular formula is C14H18ClN3O3. The van der Waals surface area contributed by atoms with Gasteiger partial charge in [-0.05, 0) is 39.1 Å². The van der Waals surface area contributed by atoms with Crippen molar-refractivity contribution >= 4 is 23.2 Å². The van der Waals surface area contributed by atoms with Gasteiger partial charge in [-0.2, -0.15) is 0 Å². The summed E-state index contributed by atoms with van der Waals surface area (Å²) in [6.45, 7) is 1.20. The molecule has 1 fully saturated rings. The van der Waals surface area contributed by atoms with Crippen molar-refractivity contribution in [2.75, 3.05) is 27.2 Å². The fourth-order valence-corrected chi connectivity index (χ4v) is 2.85. The Morgan fingerprint density at radius 3 is 2.81 bits per heavy atom. The van der Waals surface area contributed by atoms with Gasteiger partial charge in [-0.1, -0.05) is 17.7 Å². The van der Waals surface area contributed by atoms with Crippen molar-refractivity contribution in [2.45, 2.75) is 18.9 Å². The van der Waals surface area contributed by atoms with E-state index in [2.05, 4.69) is 4.90 Å². The van der Waals surface area contributed by atoms with Crippen molar-refractivity contribution in [3.8, 4) is 0 Å². The Morgan fingerprint density at radius 2 is 2.19 bits per heavy atom. The first-order valence-electron chi connectivity index (χ1n) is 6.80. The number of piperidine rings is 1. The monoisotopic (exact) mass is 311 g/mol. The number of likely N-dealkylation sites (tertiary alicyclic amines) is 1. The van der Waals surface area contributed by atoms with E-state index < -0.39 is 4.92 Å². The van der Waals surface area contributed by atoms with Crippen molar-refractivity contribution in [1.29, 1.82) is 0 Å². The summed E-state index contributed by atoms with van der Waals surface area (Å²) >= 11 is 5.87. The Bertz CT molecular complexity index is 562. The number of hydrogen-bond acceptors (Lipinski definition) is 4. The third kappa shape index (κ3) is 3.33. The highest BCUT2D eigenvalue weighted by Crippen LogP contribution is 2.30. The van der Waals surface area contributed by atoms with Gasteiger partial charge in [-0.15, -0.1) is 0 Å². The molecule has 1 aromatic rings. The molecule has 7 heteroatoms.